The molecule has 4 heteroatoms. The summed E-state index contributed by atoms with van der Waals surface area (Å²) < 4.78 is 0. The van der Waals surface area contributed by atoms with E-state index in [9.17, 15) is 4.79 Å². The van der Waals surface area contributed by atoms with Crippen molar-refractivity contribution in [3.8, 4) is 0 Å². The highest BCUT2D eigenvalue weighted by Gasteiger charge is 2.36. The number of ketones is 1. The number of Topliss-reactive ketones (excluding diaryl/α,β-unsaturated/α-hetero) is 1. The molecule has 30 heavy (non-hydrogen) atoms. The number of hydrogen-bond donors (Lipinski definition) is 1. The zero-order valence-electron chi connectivity index (χ0n) is 16.6. The smallest absolute Gasteiger partial charge is 0.163 e. The lowest BCUT2D eigenvalue weighted by molar-refractivity contribution is -0.116. The molecule has 3 nitrogen and oxygen atoms in total. The Morgan fingerprint density at radius 3 is 2.43 bits per heavy atom. The maximum absolute atomic E-state index is 13.2. The first-order valence-electron chi connectivity index (χ1n) is 10.4. The van der Waals surface area contributed by atoms with Crippen LogP contribution >= 0.6 is 11.6 Å². The second kappa shape index (κ2) is 8.00. The number of anilines is 2. The number of allylic oxidation sites excluding steroid dienone is 1. The van der Waals surface area contributed by atoms with Crippen molar-refractivity contribution in [2.45, 2.75) is 31.8 Å². The van der Waals surface area contributed by atoms with Gasteiger partial charge < -0.3 is 10.2 Å². The Balaban J connectivity index is 1.71. The van der Waals surface area contributed by atoms with Crippen LogP contribution in [-0.4, -0.2) is 5.78 Å². The van der Waals surface area contributed by atoms with Crippen molar-refractivity contribution in [3.05, 3.63) is 106 Å². The molecule has 0 bridgehead atoms. The minimum Gasteiger partial charge on any atom is -0.357 e. The predicted octanol–water partition coefficient (Wildman–Crippen LogP) is 6.52. The Bertz CT molecular complexity index is 1110. The van der Waals surface area contributed by atoms with Gasteiger partial charge in [0.2, 0.25) is 0 Å². The molecular formula is C26H23ClN2O. The van der Waals surface area contributed by atoms with Crippen LogP contribution in [0.25, 0.3) is 0 Å². The van der Waals surface area contributed by atoms with Crippen LogP contribution in [0.3, 0.4) is 0 Å². The minimum atomic E-state index is -0.138. The molecule has 1 heterocycles. The minimum absolute atomic E-state index is 0.138. The third kappa shape index (κ3) is 3.50. The zero-order valence-corrected chi connectivity index (χ0v) is 17.4. The number of fused-ring (bicyclic) bond motifs is 1. The van der Waals surface area contributed by atoms with E-state index < -0.39 is 0 Å². The molecule has 0 unspecified atom stereocenters. The highest BCUT2D eigenvalue weighted by atomic mass is 35.5. The van der Waals surface area contributed by atoms with Gasteiger partial charge in [0.1, 0.15) is 0 Å². The second-order valence-electron chi connectivity index (χ2n) is 7.88. The SMILES string of the molecule is O=C1CCCC2=C1[C@@H](c1ccccc1)N(Cc1ccc(Cl)cc1)c1ccccc1N2. The first-order chi connectivity index (χ1) is 14.7. The Labute approximate surface area is 182 Å². The lowest BCUT2D eigenvalue weighted by atomic mass is 9.85. The number of benzene rings is 3. The molecule has 0 spiro atoms. The summed E-state index contributed by atoms with van der Waals surface area (Å²) in [6.07, 6.45) is 2.40. The first-order valence-corrected chi connectivity index (χ1v) is 10.8. The third-order valence-electron chi connectivity index (χ3n) is 5.92. The van der Waals surface area contributed by atoms with E-state index in [1.807, 2.05) is 36.4 Å². The van der Waals surface area contributed by atoms with Gasteiger partial charge in [0, 0.05) is 29.3 Å². The number of hydrogen-bond acceptors (Lipinski definition) is 3. The topological polar surface area (TPSA) is 32.3 Å². The van der Waals surface area contributed by atoms with Gasteiger partial charge in [-0.05, 0) is 48.2 Å². The maximum Gasteiger partial charge on any atom is 0.163 e. The quantitative estimate of drug-likeness (QED) is 0.529. The Morgan fingerprint density at radius 2 is 1.63 bits per heavy atom. The van der Waals surface area contributed by atoms with Crippen molar-refractivity contribution in [2.24, 2.45) is 0 Å². The van der Waals surface area contributed by atoms with E-state index in [0.717, 1.165) is 51.6 Å². The summed E-state index contributed by atoms with van der Waals surface area (Å²) in [6, 6.07) is 26.5. The molecule has 0 radical (unpaired) electrons. The predicted molar refractivity (Wildman–Crippen MR) is 123 cm³/mol. The van der Waals surface area contributed by atoms with Crippen molar-refractivity contribution >= 4 is 28.8 Å². The summed E-state index contributed by atoms with van der Waals surface area (Å²) in [7, 11) is 0. The van der Waals surface area contributed by atoms with E-state index in [4.69, 9.17) is 11.6 Å². The van der Waals surface area contributed by atoms with E-state index in [-0.39, 0.29) is 11.8 Å². The summed E-state index contributed by atoms with van der Waals surface area (Å²) in [6.45, 7) is 0.680. The second-order valence-corrected chi connectivity index (χ2v) is 8.32. The van der Waals surface area contributed by atoms with Crippen molar-refractivity contribution in [1.29, 1.82) is 0 Å². The molecule has 0 aromatic heterocycles. The molecule has 0 saturated carbocycles. The van der Waals surface area contributed by atoms with Gasteiger partial charge in [0.05, 0.1) is 17.4 Å². The lowest BCUT2D eigenvalue weighted by Crippen LogP contribution is -2.32. The van der Waals surface area contributed by atoms with Gasteiger partial charge in [-0.3, -0.25) is 4.79 Å². The van der Waals surface area contributed by atoms with Crippen molar-refractivity contribution in [2.75, 3.05) is 10.2 Å². The van der Waals surface area contributed by atoms with Crippen LogP contribution in [0.4, 0.5) is 11.4 Å². The molecule has 1 N–H and O–H groups in total. The van der Waals surface area contributed by atoms with Crippen LogP contribution in [0.2, 0.25) is 5.02 Å². The number of rotatable bonds is 3. The van der Waals surface area contributed by atoms with Crippen LogP contribution in [0.5, 0.6) is 0 Å². The van der Waals surface area contributed by atoms with Gasteiger partial charge in [-0.15, -0.1) is 0 Å². The molecule has 2 aliphatic rings. The normalized spacial score (nSPS) is 18.4. The summed E-state index contributed by atoms with van der Waals surface area (Å²) in [5.41, 5.74) is 6.40. The van der Waals surface area contributed by atoms with Gasteiger partial charge in [0.25, 0.3) is 0 Å². The fourth-order valence-corrected chi connectivity index (χ4v) is 4.67. The van der Waals surface area contributed by atoms with E-state index in [2.05, 4.69) is 52.7 Å². The number of carbonyl (C=O) groups is 1. The van der Waals surface area contributed by atoms with Gasteiger partial charge in [-0.25, -0.2) is 0 Å². The highest BCUT2D eigenvalue weighted by molar-refractivity contribution is 6.30. The number of nitrogens with one attached hydrogen (secondary N) is 1. The summed E-state index contributed by atoms with van der Waals surface area (Å²) in [5.74, 6) is 0.242. The van der Waals surface area contributed by atoms with Crippen molar-refractivity contribution in [3.63, 3.8) is 0 Å². The molecule has 5 rings (SSSR count). The number of carbonyl (C=O) groups excluding carboxylic acids is 1. The molecule has 1 aliphatic heterocycles. The zero-order chi connectivity index (χ0) is 20.5. The number of para-hydroxylation sites is 2. The van der Waals surface area contributed by atoms with Crippen molar-refractivity contribution < 1.29 is 4.79 Å². The van der Waals surface area contributed by atoms with Crippen LogP contribution < -0.4 is 10.2 Å². The molecule has 0 fully saturated rings. The molecule has 0 amide bonds. The van der Waals surface area contributed by atoms with E-state index >= 15 is 0 Å². The molecule has 3 aromatic carbocycles. The van der Waals surface area contributed by atoms with Crippen LogP contribution in [0.1, 0.15) is 36.4 Å². The number of nitrogens with zero attached hydrogens (tertiary/aromatic N) is 1. The molecule has 3 aromatic rings. The molecular weight excluding hydrogens is 392 g/mol. The fourth-order valence-electron chi connectivity index (χ4n) is 4.54. The average Bonchev–Trinajstić information content (AvgIpc) is 2.91. The maximum atomic E-state index is 13.2. The summed E-state index contributed by atoms with van der Waals surface area (Å²) in [4.78, 5) is 15.6. The summed E-state index contributed by atoms with van der Waals surface area (Å²) >= 11 is 6.12. The first kappa shape index (κ1) is 19.0. The monoisotopic (exact) mass is 414 g/mol. The Kier molecular flexibility index (Phi) is 5.06. The standard InChI is InChI=1S/C26H23ClN2O/c27-20-15-13-18(14-16-20)17-29-23-11-5-4-9-21(23)28-22-10-6-12-24(30)25(22)26(29)19-7-2-1-3-8-19/h1-5,7-9,11,13-16,26,28H,6,10,12,17H2/t26-/m1/s1. The van der Waals surface area contributed by atoms with E-state index in [1.165, 1.54) is 0 Å². The van der Waals surface area contributed by atoms with Gasteiger partial charge in [-0.1, -0.05) is 66.2 Å². The average molecular weight is 415 g/mol. The fraction of sp³-hybridized carbons (Fsp3) is 0.192. The number of halogens is 1. The van der Waals surface area contributed by atoms with Crippen molar-refractivity contribution in [1.82, 2.24) is 0 Å². The largest absolute Gasteiger partial charge is 0.357 e. The van der Waals surface area contributed by atoms with Crippen LogP contribution in [0.15, 0.2) is 90.1 Å². The van der Waals surface area contributed by atoms with Crippen LogP contribution in [0, 0.1) is 0 Å². The Hall–Kier alpha value is -3.04. The molecule has 150 valence electrons. The molecule has 0 saturated heterocycles. The van der Waals surface area contributed by atoms with Crippen LogP contribution in [-0.2, 0) is 11.3 Å². The summed E-state index contributed by atoms with van der Waals surface area (Å²) in [5, 5.41) is 4.34. The molecule has 1 atom stereocenters. The Morgan fingerprint density at radius 1 is 0.900 bits per heavy atom. The molecule has 1 aliphatic carbocycles. The lowest BCUT2D eigenvalue weighted by Gasteiger charge is -2.35. The third-order valence-corrected chi connectivity index (χ3v) is 6.17. The highest BCUT2D eigenvalue weighted by Crippen LogP contribution is 2.45. The van der Waals surface area contributed by atoms with Gasteiger partial charge >= 0.3 is 0 Å². The van der Waals surface area contributed by atoms with Gasteiger partial charge in [0.15, 0.2) is 5.78 Å². The van der Waals surface area contributed by atoms with Gasteiger partial charge in [-0.2, -0.15) is 0 Å². The van der Waals surface area contributed by atoms with E-state index in [1.54, 1.807) is 0 Å². The van der Waals surface area contributed by atoms with E-state index in [0.29, 0.717) is 13.0 Å².